The third-order valence-corrected chi connectivity index (χ3v) is 6.25. The molecule has 3 aliphatic rings. The molecule has 0 saturated heterocycles. The summed E-state index contributed by atoms with van der Waals surface area (Å²) in [5.41, 5.74) is 0.477. The summed E-state index contributed by atoms with van der Waals surface area (Å²) >= 11 is 0. The first-order valence-corrected chi connectivity index (χ1v) is 8.97. The molecule has 6 atom stereocenters. The molecule has 4 heteroatoms. The Morgan fingerprint density at radius 3 is 2.43 bits per heavy atom. The lowest BCUT2D eigenvalue weighted by Gasteiger charge is -2.31. The molecule has 4 nitrogen and oxygen atoms in total. The molecular formula is C19H28O4. The van der Waals surface area contributed by atoms with Crippen LogP contribution in [0.25, 0.3) is 0 Å². The molecule has 6 unspecified atom stereocenters. The van der Waals surface area contributed by atoms with Gasteiger partial charge in [0.05, 0.1) is 13.2 Å². The predicted molar refractivity (Wildman–Crippen MR) is 86.4 cm³/mol. The van der Waals surface area contributed by atoms with E-state index >= 15 is 0 Å². The van der Waals surface area contributed by atoms with E-state index in [4.69, 9.17) is 9.47 Å². The van der Waals surface area contributed by atoms with Crippen LogP contribution in [0.15, 0.2) is 12.2 Å². The minimum absolute atomic E-state index is 0.0883. The Hall–Kier alpha value is -1.32. The van der Waals surface area contributed by atoms with Gasteiger partial charge in [0.15, 0.2) is 0 Å². The Labute approximate surface area is 138 Å². The fourth-order valence-electron chi connectivity index (χ4n) is 5.27. The van der Waals surface area contributed by atoms with Gasteiger partial charge in [0.2, 0.25) is 0 Å². The zero-order valence-corrected chi connectivity index (χ0v) is 14.3. The predicted octanol–water partition coefficient (Wildman–Crippen LogP) is 3.36. The first-order chi connectivity index (χ1) is 11.0. The number of hydrogen-bond donors (Lipinski definition) is 0. The summed E-state index contributed by atoms with van der Waals surface area (Å²) in [6.07, 6.45) is 5.33. The van der Waals surface area contributed by atoms with Crippen LogP contribution in [0.2, 0.25) is 0 Å². The second-order valence-corrected chi connectivity index (χ2v) is 7.74. The van der Waals surface area contributed by atoms with Crippen LogP contribution in [-0.4, -0.2) is 25.2 Å². The topological polar surface area (TPSA) is 52.6 Å². The number of ether oxygens (including phenoxy) is 2. The van der Waals surface area contributed by atoms with E-state index in [0.717, 1.165) is 17.8 Å². The van der Waals surface area contributed by atoms with Crippen molar-refractivity contribution in [2.24, 2.45) is 35.5 Å². The number of hydrogen-bond acceptors (Lipinski definition) is 4. The molecule has 0 aromatic rings. The Morgan fingerprint density at radius 1 is 1.00 bits per heavy atom. The van der Waals surface area contributed by atoms with E-state index in [1.54, 1.807) is 6.92 Å². The number of carbonyl (C=O) groups is 2. The molecule has 0 radical (unpaired) electrons. The van der Waals surface area contributed by atoms with Gasteiger partial charge in [-0.25, -0.2) is 4.79 Å². The van der Waals surface area contributed by atoms with Crippen molar-refractivity contribution in [3.63, 3.8) is 0 Å². The van der Waals surface area contributed by atoms with E-state index in [0.29, 0.717) is 43.0 Å². The maximum Gasteiger partial charge on any atom is 0.333 e. The minimum atomic E-state index is -0.264. The highest BCUT2D eigenvalue weighted by atomic mass is 16.5. The lowest BCUT2D eigenvalue weighted by molar-refractivity contribution is -0.144. The molecular weight excluding hydrogens is 292 g/mol. The zero-order valence-electron chi connectivity index (χ0n) is 14.3. The molecule has 0 aliphatic heterocycles. The minimum Gasteiger partial charge on any atom is -0.465 e. The van der Waals surface area contributed by atoms with E-state index in [1.165, 1.54) is 25.7 Å². The van der Waals surface area contributed by atoms with Crippen LogP contribution >= 0.6 is 0 Å². The van der Waals surface area contributed by atoms with Crippen molar-refractivity contribution in [3.05, 3.63) is 12.2 Å². The molecule has 3 fully saturated rings. The number of rotatable bonds is 6. The van der Waals surface area contributed by atoms with Gasteiger partial charge in [-0.15, -0.1) is 0 Å². The number of carbonyl (C=O) groups excluding carboxylic acids is 2. The van der Waals surface area contributed by atoms with Crippen LogP contribution in [-0.2, 0) is 19.1 Å². The van der Waals surface area contributed by atoms with Crippen LogP contribution in [0.1, 0.15) is 46.0 Å². The maximum absolute atomic E-state index is 11.6. The Balaban J connectivity index is 1.50. The van der Waals surface area contributed by atoms with Gasteiger partial charge in [0.25, 0.3) is 0 Å². The van der Waals surface area contributed by atoms with E-state index in [9.17, 15) is 9.59 Å². The lowest BCUT2D eigenvalue weighted by Crippen LogP contribution is -2.28. The highest BCUT2D eigenvalue weighted by Gasteiger charge is 2.56. The normalized spacial score (nSPS) is 37.5. The largest absolute Gasteiger partial charge is 0.465 e. The molecule has 3 rings (SSSR count). The molecule has 0 N–H and O–H groups in total. The standard InChI is InChI=1S/C19H28O4/c1-4-18(20)22-9-12-5-15-13-7-14(10-23-19(21)11(2)3)16(8-13)17(15)6-12/h12-17H,2,4-10H2,1,3H3. The van der Waals surface area contributed by atoms with E-state index in [2.05, 4.69) is 6.58 Å². The number of esters is 2. The quantitative estimate of drug-likeness (QED) is 0.556. The second-order valence-electron chi connectivity index (χ2n) is 7.74. The van der Waals surface area contributed by atoms with Crippen LogP contribution in [0.4, 0.5) is 0 Å². The van der Waals surface area contributed by atoms with Gasteiger partial charge in [-0.05, 0) is 68.1 Å². The summed E-state index contributed by atoms with van der Waals surface area (Å²) < 4.78 is 10.7. The highest BCUT2D eigenvalue weighted by molar-refractivity contribution is 5.86. The maximum atomic E-state index is 11.6. The molecule has 0 spiro atoms. The van der Waals surface area contributed by atoms with Crippen molar-refractivity contribution in [3.8, 4) is 0 Å². The molecule has 0 aromatic carbocycles. The van der Waals surface area contributed by atoms with Gasteiger partial charge in [-0.1, -0.05) is 13.5 Å². The summed E-state index contributed by atoms with van der Waals surface area (Å²) in [5, 5.41) is 0. The zero-order chi connectivity index (χ0) is 16.6. The van der Waals surface area contributed by atoms with Gasteiger partial charge in [-0.3, -0.25) is 4.79 Å². The van der Waals surface area contributed by atoms with Gasteiger partial charge < -0.3 is 9.47 Å². The lowest BCUT2D eigenvalue weighted by atomic mass is 9.76. The molecule has 0 aromatic heterocycles. The van der Waals surface area contributed by atoms with Gasteiger partial charge in [-0.2, -0.15) is 0 Å². The Kier molecular flexibility index (Phi) is 4.79. The van der Waals surface area contributed by atoms with Crippen molar-refractivity contribution in [2.75, 3.05) is 13.2 Å². The fourth-order valence-corrected chi connectivity index (χ4v) is 5.27. The molecule has 2 bridgehead atoms. The van der Waals surface area contributed by atoms with E-state index < -0.39 is 0 Å². The molecule has 0 heterocycles. The Morgan fingerprint density at radius 2 is 1.74 bits per heavy atom. The van der Waals surface area contributed by atoms with E-state index in [1.807, 2.05) is 6.92 Å². The van der Waals surface area contributed by atoms with Crippen LogP contribution < -0.4 is 0 Å². The summed E-state index contributed by atoms with van der Waals surface area (Å²) in [5.74, 6) is 3.71. The third-order valence-electron chi connectivity index (χ3n) is 6.25. The Bertz CT molecular complexity index is 498. The van der Waals surface area contributed by atoms with Crippen molar-refractivity contribution in [1.29, 1.82) is 0 Å². The van der Waals surface area contributed by atoms with Crippen LogP contribution in [0.3, 0.4) is 0 Å². The summed E-state index contributed by atoms with van der Waals surface area (Å²) in [6, 6.07) is 0. The summed E-state index contributed by atoms with van der Waals surface area (Å²) in [6.45, 7) is 8.30. The molecule has 0 amide bonds. The first kappa shape index (κ1) is 16.5. The van der Waals surface area contributed by atoms with Crippen LogP contribution in [0.5, 0.6) is 0 Å². The highest BCUT2D eigenvalue weighted by Crippen LogP contribution is 2.62. The van der Waals surface area contributed by atoms with Crippen molar-refractivity contribution in [2.45, 2.75) is 46.0 Å². The smallest absolute Gasteiger partial charge is 0.333 e. The average molecular weight is 320 g/mol. The monoisotopic (exact) mass is 320 g/mol. The summed E-state index contributed by atoms with van der Waals surface area (Å²) in [7, 11) is 0. The van der Waals surface area contributed by atoms with E-state index in [-0.39, 0.29) is 11.9 Å². The molecule has 128 valence electrons. The van der Waals surface area contributed by atoms with Crippen molar-refractivity contribution < 1.29 is 19.1 Å². The molecule has 3 saturated carbocycles. The average Bonchev–Trinajstić information content (AvgIpc) is 3.20. The van der Waals surface area contributed by atoms with Crippen molar-refractivity contribution in [1.82, 2.24) is 0 Å². The van der Waals surface area contributed by atoms with Gasteiger partial charge >= 0.3 is 11.9 Å². The molecule has 23 heavy (non-hydrogen) atoms. The first-order valence-electron chi connectivity index (χ1n) is 8.97. The fraction of sp³-hybridized carbons (Fsp3) is 0.789. The SMILES string of the molecule is C=C(C)C(=O)OCC1CC2CC1C1CC(COC(=O)CC)CC21. The third kappa shape index (κ3) is 3.31. The van der Waals surface area contributed by atoms with Crippen LogP contribution in [0, 0.1) is 35.5 Å². The summed E-state index contributed by atoms with van der Waals surface area (Å²) in [4.78, 5) is 22.9. The second kappa shape index (κ2) is 6.66. The molecule has 3 aliphatic carbocycles. The number of fused-ring (bicyclic) bond motifs is 5. The van der Waals surface area contributed by atoms with Gasteiger partial charge in [0, 0.05) is 12.0 Å². The van der Waals surface area contributed by atoms with Crippen molar-refractivity contribution >= 4 is 11.9 Å². The van der Waals surface area contributed by atoms with Gasteiger partial charge in [0.1, 0.15) is 0 Å².